The quantitative estimate of drug-likeness (QED) is 0.701. The lowest BCUT2D eigenvalue weighted by molar-refractivity contribution is 0.200. The normalized spacial score (nSPS) is 10.4. The first kappa shape index (κ1) is 12.9. The molecule has 1 heterocycles. The third kappa shape index (κ3) is 4.59. The third-order valence-corrected chi connectivity index (χ3v) is 2.39. The molecule has 16 heavy (non-hydrogen) atoms. The molecule has 4 heteroatoms. The van der Waals surface area contributed by atoms with E-state index < -0.39 is 0 Å². The van der Waals surface area contributed by atoms with Gasteiger partial charge in [0.05, 0.1) is 6.61 Å². The van der Waals surface area contributed by atoms with Gasteiger partial charge in [0.1, 0.15) is 5.82 Å². The molecule has 0 fully saturated rings. The van der Waals surface area contributed by atoms with Crippen molar-refractivity contribution >= 4 is 5.82 Å². The summed E-state index contributed by atoms with van der Waals surface area (Å²) in [6, 6.07) is 4.13. The lowest BCUT2D eigenvalue weighted by Gasteiger charge is -2.18. The number of nitrogens with one attached hydrogen (secondary N) is 1. The van der Waals surface area contributed by atoms with Crippen molar-refractivity contribution in [3.63, 3.8) is 0 Å². The van der Waals surface area contributed by atoms with E-state index in [0.29, 0.717) is 0 Å². The summed E-state index contributed by atoms with van der Waals surface area (Å²) >= 11 is 0. The fourth-order valence-electron chi connectivity index (χ4n) is 1.35. The number of aryl methyl sites for hydroxylation is 1. The molecule has 1 aromatic heterocycles. The van der Waals surface area contributed by atoms with Crippen LogP contribution in [-0.2, 0) is 4.74 Å². The Hall–Kier alpha value is -1.13. The number of hydrogen-bond acceptors (Lipinski definition) is 4. The second-order valence-electron chi connectivity index (χ2n) is 3.86. The molecule has 4 nitrogen and oxygen atoms in total. The van der Waals surface area contributed by atoms with Gasteiger partial charge in [0.15, 0.2) is 0 Å². The first-order valence-corrected chi connectivity index (χ1v) is 5.57. The molecular weight excluding hydrogens is 202 g/mol. The molecule has 90 valence electrons. The van der Waals surface area contributed by atoms with Crippen LogP contribution in [0.15, 0.2) is 18.3 Å². The number of rotatable bonds is 7. The molecule has 1 aromatic rings. The Kier molecular flexibility index (Phi) is 5.82. The predicted molar refractivity (Wildman–Crippen MR) is 67.0 cm³/mol. The lowest BCUT2D eigenvalue weighted by Crippen LogP contribution is -2.31. The second kappa shape index (κ2) is 7.19. The summed E-state index contributed by atoms with van der Waals surface area (Å²) in [5.74, 6) is 1.01. The average molecular weight is 223 g/mol. The topological polar surface area (TPSA) is 37.4 Å². The van der Waals surface area contributed by atoms with Crippen LogP contribution < -0.4 is 10.2 Å². The van der Waals surface area contributed by atoms with Crippen LogP contribution in [0.1, 0.15) is 5.56 Å². The van der Waals surface area contributed by atoms with Crippen molar-refractivity contribution < 1.29 is 4.74 Å². The first-order chi connectivity index (χ1) is 7.74. The molecule has 0 atom stereocenters. The monoisotopic (exact) mass is 223 g/mol. The Labute approximate surface area is 97.6 Å². The van der Waals surface area contributed by atoms with Gasteiger partial charge in [0.2, 0.25) is 0 Å². The van der Waals surface area contributed by atoms with Gasteiger partial charge in [-0.2, -0.15) is 0 Å². The highest BCUT2D eigenvalue weighted by Crippen LogP contribution is 2.07. The summed E-state index contributed by atoms with van der Waals surface area (Å²) in [6.07, 6.45) is 1.89. The number of ether oxygens (including phenoxy) is 1. The van der Waals surface area contributed by atoms with E-state index in [4.69, 9.17) is 4.74 Å². The molecule has 0 aliphatic rings. The number of likely N-dealkylation sites (N-methyl/N-ethyl adjacent to an activating group) is 1. The molecule has 0 aromatic carbocycles. The van der Waals surface area contributed by atoms with E-state index in [0.717, 1.165) is 32.1 Å². The highest BCUT2D eigenvalue weighted by atomic mass is 16.5. The van der Waals surface area contributed by atoms with Crippen LogP contribution in [0, 0.1) is 6.92 Å². The minimum atomic E-state index is 0.756. The number of methoxy groups -OCH3 is 1. The van der Waals surface area contributed by atoms with E-state index in [9.17, 15) is 0 Å². The average Bonchev–Trinajstić information content (AvgIpc) is 2.29. The maximum atomic E-state index is 4.96. The van der Waals surface area contributed by atoms with Gasteiger partial charge in [-0.25, -0.2) is 4.98 Å². The van der Waals surface area contributed by atoms with Crippen molar-refractivity contribution in [1.29, 1.82) is 0 Å². The van der Waals surface area contributed by atoms with Crippen LogP contribution in [0.4, 0.5) is 5.82 Å². The number of nitrogens with zero attached hydrogens (tertiary/aromatic N) is 2. The van der Waals surface area contributed by atoms with E-state index in [2.05, 4.69) is 28.3 Å². The lowest BCUT2D eigenvalue weighted by atomic mass is 10.3. The predicted octanol–water partition coefficient (Wildman–Crippen LogP) is 1.06. The van der Waals surface area contributed by atoms with Crippen LogP contribution in [0.2, 0.25) is 0 Å². The zero-order chi connectivity index (χ0) is 11.8. The molecule has 0 radical (unpaired) electrons. The molecule has 0 saturated carbocycles. The Bertz CT molecular complexity index is 287. The van der Waals surface area contributed by atoms with E-state index in [1.807, 2.05) is 19.2 Å². The molecule has 0 saturated heterocycles. The summed E-state index contributed by atoms with van der Waals surface area (Å²) in [6.45, 7) is 5.58. The Morgan fingerprint density at radius 3 is 2.81 bits per heavy atom. The number of pyridine rings is 1. The molecule has 0 amide bonds. The van der Waals surface area contributed by atoms with Crippen molar-refractivity contribution in [2.75, 3.05) is 45.3 Å². The van der Waals surface area contributed by atoms with E-state index in [1.54, 1.807) is 7.11 Å². The van der Waals surface area contributed by atoms with Crippen molar-refractivity contribution in [3.8, 4) is 0 Å². The second-order valence-corrected chi connectivity index (χ2v) is 3.86. The van der Waals surface area contributed by atoms with Crippen molar-refractivity contribution in [2.24, 2.45) is 0 Å². The SMILES string of the molecule is COCCNCCN(C)c1ccc(C)cn1. The summed E-state index contributed by atoms with van der Waals surface area (Å²) in [5, 5.41) is 3.30. The fraction of sp³-hybridized carbons (Fsp3) is 0.583. The van der Waals surface area contributed by atoms with Crippen LogP contribution in [0.5, 0.6) is 0 Å². The van der Waals surface area contributed by atoms with Crippen LogP contribution >= 0.6 is 0 Å². The summed E-state index contributed by atoms with van der Waals surface area (Å²) < 4.78 is 4.96. The zero-order valence-corrected chi connectivity index (χ0v) is 10.4. The maximum Gasteiger partial charge on any atom is 0.128 e. The van der Waals surface area contributed by atoms with E-state index in [1.165, 1.54) is 5.56 Å². The van der Waals surface area contributed by atoms with E-state index >= 15 is 0 Å². The molecule has 0 aliphatic carbocycles. The summed E-state index contributed by atoms with van der Waals surface area (Å²) in [4.78, 5) is 6.50. The first-order valence-electron chi connectivity index (χ1n) is 5.57. The van der Waals surface area contributed by atoms with E-state index in [-0.39, 0.29) is 0 Å². The van der Waals surface area contributed by atoms with Gasteiger partial charge in [-0.15, -0.1) is 0 Å². The van der Waals surface area contributed by atoms with Crippen molar-refractivity contribution in [3.05, 3.63) is 23.9 Å². The van der Waals surface area contributed by atoms with Crippen molar-refractivity contribution in [2.45, 2.75) is 6.92 Å². The molecule has 0 spiro atoms. The molecular formula is C12H21N3O. The summed E-state index contributed by atoms with van der Waals surface area (Å²) in [5.41, 5.74) is 1.19. The largest absolute Gasteiger partial charge is 0.383 e. The highest BCUT2D eigenvalue weighted by Gasteiger charge is 2.00. The molecule has 0 unspecified atom stereocenters. The molecule has 1 rings (SSSR count). The number of hydrogen-bond donors (Lipinski definition) is 1. The third-order valence-electron chi connectivity index (χ3n) is 2.39. The minimum Gasteiger partial charge on any atom is -0.383 e. The standard InChI is InChI=1S/C12H21N3O/c1-11-4-5-12(14-10-11)15(2)8-6-13-7-9-16-3/h4-5,10,13H,6-9H2,1-3H3. The van der Waals surface area contributed by atoms with Gasteiger partial charge in [0.25, 0.3) is 0 Å². The molecule has 0 aliphatic heterocycles. The number of aromatic nitrogens is 1. The Balaban J connectivity index is 2.24. The van der Waals surface area contributed by atoms with Crippen LogP contribution in [-0.4, -0.2) is 45.4 Å². The zero-order valence-electron chi connectivity index (χ0n) is 10.4. The van der Waals surface area contributed by atoms with Gasteiger partial charge >= 0.3 is 0 Å². The summed E-state index contributed by atoms with van der Waals surface area (Å²) in [7, 11) is 3.76. The molecule has 1 N–H and O–H groups in total. The highest BCUT2D eigenvalue weighted by molar-refractivity contribution is 5.37. The fourth-order valence-corrected chi connectivity index (χ4v) is 1.35. The van der Waals surface area contributed by atoms with Gasteiger partial charge in [-0.3, -0.25) is 0 Å². The van der Waals surface area contributed by atoms with Crippen LogP contribution in [0.3, 0.4) is 0 Å². The van der Waals surface area contributed by atoms with Crippen molar-refractivity contribution in [1.82, 2.24) is 10.3 Å². The minimum absolute atomic E-state index is 0.756. The smallest absolute Gasteiger partial charge is 0.128 e. The van der Waals surface area contributed by atoms with Gasteiger partial charge in [0, 0.05) is 40.0 Å². The van der Waals surface area contributed by atoms with Gasteiger partial charge in [-0.1, -0.05) is 6.07 Å². The van der Waals surface area contributed by atoms with Gasteiger partial charge in [-0.05, 0) is 18.6 Å². The Morgan fingerprint density at radius 1 is 1.38 bits per heavy atom. The maximum absolute atomic E-state index is 4.96. The molecule has 0 bridgehead atoms. The van der Waals surface area contributed by atoms with Crippen LogP contribution in [0.25, 0.3) is 0 Å². The Morgan fingerprint density at radius 2 is 2.19 bits per heavy atom. The van der Waals surface area contributed by atoms with Gasteiger partial charge < -0.3 is 15.0 Å². The number of anilines is 1.